The molecule has 3 heterocycles. The fourth-order valence-electron chi connectivity index (χ4n) is 3.98. The summed E-state index contributed by atoms with van der Waals surface area (Å²) in [6.07, 6.45) is 3.16. The van der Waals surface area contributed by atoms with E-state index in [2.05, 4.69) is 46.1 Å². The van der Waals surface area contributed by atoms with Crippen molar-refractivity contribution in [3.63, 3.8) is 0 Å². The monoisotopic (exact) mass is 323 g/mol. The molecule has 2 saturated heterocycles. The Hall–Kier alpha value is -1.91. The fourth-order valence-corrected chi connectivity index (χ4v) is 3.98. The maximum Gasteiger partial charge on any atom is 0.130 e. The zero-order valence-corrected chi connectivity index (χ0v) is 14.3. The molecule has 0 N–H and O–H groups in total. The summed E-state index contributed by atoms with van der Waals surface area (Å²) in [5.41, 5.74) is 2.32. The molecule has 4 heteroatoms. The van der Waals surface area contributed by atoms with Crippen LogP contribution in [0.2, 0.25) is 0 Å². The first-order valence-electron chi connectivity index (χ1n) is 8.82. The topological polar surface area (TPSA) is 28.6 Å². The van der Waals surface area contributed by atoms with Gasteiger partial charge < -0.3 is 9.64 Å². The van der Waals surface area contributed by atoms with Gasteiger partial charge in [-0.3, -0.25) is 9.88 Å². The largest absolute Gasteiger partial charge is 0.487 e. The minimum Gasteiger partial charge on any atom is -0.487 e. The van der Waals surface area contributed by atoms with Crippen LogP contribution in [0.15, 0.2) is 48.7 Å². The lowest BCUT2D eigenvalue weighted by Crippen LogP contribution is -2.31. The van der Waals surface area contributed by atoms with E-state index < -0.39 is 0 Å². The lowest BCUT2D eigenvalue weighted by atomic mass is 10.1. The van der Waals surface area contributed by atoms with E-state index in [-0.39, 0.29) is 0 Å². The molecule has 0 unspecified atom stereocenters. The molecule has 0 bridgehead atoms. The van der Waals surface area contributed by atoms with Crippen molar-refractivity contribution in [1.29, 1.82) is 0 Å². The molecule has 2 aliphatic heterocycles. The second-order valence-corrected chi connectivity index (χ2v) is 7.04. The standard InChI is InChI=1S/C20H25N3O/c1-22-11-9-17-13-23(14-20(17)22)12-16-5-7-19(8-6-16)24-15-18-4-2-3-10-21-18/h2-8,10,17,20H,9,11-15H2,1H3/t17-,20+/m1/s1. The van der Waals surface area contributed by atoms with Crippen molar-refractivity contribution >= 4 is 0 Å². The Balaban J connectivity index is 1.30. The van der Waals surface area contributed by atoms with Gasteiger partial charge in [0.25, 0.3) is 0 Å². The van der Waals surface area contributed by atoms with E-state index >= 15 is 0 Å². The first-order chi connectivity index (χ1) is 11.8. The van der Waals surface area contributed by atoms with Crippen molar-refractivity contribution in [1.82, 2.24) is 14.8 Å². The van der Waals surface area contributed by atoms with Crippen LogP contribution >= 0.6 is 0 Å². The second-order valence-electron chi connectivity index (χ2n) is 7.04. The summed E-state index contributed by atoms with van der Waals surface area (Å²) in [5.74, 6) is 1.78. The highest BCUT2D eigenvalue weighted by Crippen LogP contribution is 2.31. The van der Waals surface area contributed by atoms with Crippen LogP contribution in [0, 0.1) is 5.92 Å². The minimum atomic E-state index is 0.516. The molecule has 0 radical (unpaired) electrons. The first kappa shape index (κ1) is 15.6. The molecule has 1 aromatic heterocycles. The third-order valence-electron chi connectivity index (χ3n) is 5.34. The van der Waals surface area contributed by atoms with Crippen LogP contribution in [0.3, 0.4) is 0 Å². The van der Waals surface area contributed by atoms with E-state index in [1.165, 1.54) is 31.6 Å². The maximum atomic E-state index is 5.81. The zero-order valence-electron chi connectivity index (χ0n) is 14.3. The van der Waals surface area contributed by atoms with E-state index in [0.717, 1.165) is 29.9 Å². The summed E-state index contributed by atoms with van der Waals surface area (Å²) < 4.78 is 5.81. The Kier molecular flexibility index (Phi) is 4.50. The summed E-state index contributed by atoms with van der Waals surface area (Å²) in [6.45, 7) is 5.28. The maximum absolute atomic E-state index is 5.81. The number of likely N-dealkylation sites (N-methyl/N-ethyl adjacent to an activating group) is 1. The van der Waals surface area contributed by atoms with Crippen molar-refractivity contribution in [2.75, 3.05) is 26.7 Å². The Labute approximate surface area is 144 Å². The average molecular weight is 323 g/mol. The number of aromatic nitrogens is 1. The second kappa shape index (κ2) is 6.91. The van der Waals surface area contributed by atoms with Gasteiger partial charge in [0.15, 0.2) is 0 Å². The molecular formula is C20H25N3O. The third-order valence-corrected chi connectivity index (χ3v) is 5.34. The van der Waals surface area contributed by atoms with Crippen molar-refractivity contribution in [2.45, 2.75) is 25.6 Å². The van der Waals surface area contributed by atoms with Crippen LogP contribution in [-0.2, 0) is 13.2 Å². The molecule has 0 spiro atoms. The zero-order chi connectivity index (χ0) is 16.4. The van der Waals surface area contributed by atoms with E-state index in [1.807, 2.05) is 18.2 Å². The van der Waals surface area contributed by atoms with Crippen LogP contribution in [0.1, 0.15) is 17.7 Å². The van der Waals surface area contributed by atoms with Gasteiger partial charge >= 0.3 is 0 Å². The predicted octanol–water partition coefficient (Wildman–Crippen LogP) is 2.80. The Morgan fingerprint density at radius 1 is 1.12 bits per heavy atom. The van der Waals surface area contributed by atoms with Gasteiger partial charge in [-0.05, 0) is 55.8 Å². The number of benzene rings is 1. The molecule has 2 aromatic rings. The molecular weight excluding hydrogens is 298 g/mol. The number of nitrogens with zero attached hydrogens (tertiary/aromatic N) is 3. The SMILES string of the molecule is CN1CC[C@@H]2CN(Cc3ccc(OCc4ccccn4)cc3)C[C@@H]21. The lowest BCUT2D eigenvalue weighted by Gasteiger charge is -2.20. The number of rotatable bonds is 5. The van der Waals surface area contributed by atoms with Crippen molar-refractivity contribution in [3.05, 3.63) is 59.9 Å². The van der Waals surface area contributed by atoms with E-state index in [1.54, 1.807) is 6.20 Å². The molecule has 2 aliphatic rings. The predicted molar refractivity (Wildman–Crippen MR) is 94.8 cm³/mol. The quantitative estimate of drug-likeness (QED) is 0.846. The number of fused-ring (bicyclic) bond motifs is 1. The summed E-state index contributed by atoms with van der Waals surface area (Å²) in [6, 6.07) is 15.2. The molecule has 24 heavy (non-hydrogen) atoms. The van der Waals surface area contributed by atoms with Crippen molar-refractivity contribution in [2.24, 2.45) is 5.92 Å². The Bertz CT molecular complexity index is 658. The van der Waals surface area contributed by atoms with Gasteiger partial charge in [0.05, 0.1) is 5.69 Å². The van der Waals surface area contributed by atoms with Crippen LogP contribution < -0.4 is 4.74 Å². The highest BCUT2D eigenvalue weighted by Gasteiger charge is 2.39. The Morgan fingerprint density at radius 2 is 2.00 bits per heavy atom. The van der Waals surface area contributed by atoms with Crippen LogP contribution in [0.25, 0.3) is 0 Å². The molecule has 126 valence electrons. The minimum absolute atomic E-state index is 0.516. The number of hydrogen-bond donors (Lipinski definition) is 0. The normalized spacial score (nSPS) is 24.2. The molecule has 1 aromatic carbocycles. The number of pyridine rings is 1. The summed E-state index contributed by atoms with van der Waals surface area (Å²) in [4.78, 5) is 9.40. The highest BCUT2D eigenvalue weighted by molar-refractivity contribution is 5.27. The lowest BCUT2D eigenvalue weighted by molar-refractivity contribution is 0.255. The smallest absolute Gasteiger partial charge is 0.130 e. The van der Waals surface area contributed by atoms with Gasteiger partial charge in [-0.1, -0.05) is 18.2 Å². The van der Waals surface area contributed by atoms with Gasteiger partial charge in [-0.25, -0.2) is 0 Å². The van der Waals surface area contributed by atoms with Crippen LogP contribution in [-0.4, -0.2) is 47.5 Å². The molecule has 2 fully saturated rings. The molecule has 0 saturated carbocycles. The number of ether oxygens (including phenoxy) is 1. The van der Waals surface area contributed by atoms with Crippen LogP contribution in [0.5, 0.6) is 5.75 Å². The first-order valence-corrected chi connectivity index (χ1v) is 8.82. The molecule has 4 rings (SSSR count). The van der Waals surface area contributed by atoms with Gasteiger partial charge in [0, 0.05) is 31.9 Å². The highest BCUT2D eigenvalue weighted by atomic mass is 16.5. The third kappa shape index (κ3) is 3.45. The van der Waals surface area contributed by atoms with Gasteiger partial charge in [0.2, 0.25) is 0 Å². The molecule has 2 atom stereocenters. The Morgan fingerprint density at radius 3 is 2.75 bits per heavy atom. The van der Waals surface area contributed by atoms with E-state index in [9.17, 15) is 0 Å². The average Bonchev–Trinajstić information content (AvgIpc) is 3.17. The van der Waals surface area contributed by atoms with Crippen molar-refractivity contribution in [3.8, 4) is 5.75 Å². The van der Waals surface area contributed by atoms with E-state index in [4.69, 9.17) is 4.74 Å². The fraction of sp³-hybridized carbons (Fsp3) is 0.450. The van der Waals surface area contributed by atoms with Crippen molar-refractivity contribution < 1.29 is 4.74 Å². The molecule has 0 aliphatic carbocycles. The van der Waals surface area contributed by atoms with Crippen LogP contribution in [0.4, 0.5) is 0 Å². The van der Waals surface area contributed by atoms with Gasteiger partial charge in [-0.2, -0.15) is 0 Å². The molecule has 4 nitrogen and oxygen atoms in total. The summed E-state index contributed by atoms with van der Waals surface area (Å²) in [7, 11) is 2.27. The number of hydrogen-bond acceptors (Lipinski definition) is 4. The number of likely N-dealkylation sites (tertiary alicyclic amines) is 2. The van der Waals surface area contributed by atoms with E-state index in [0.29, 0.717) is 6.61 Å². The van der Waals surface area contributed by atoms with Gasteiger partial charge in [0.1, 0.15) is 12.4 Å². The summed E-state index contributed by atoms with van der Waals surface area (Å²) in [5, 5.41) is 0. The summed E-state index contributed by atoms with van der Waals surface area (Å²) >= 11 is 0. The molecule has 0 amide bonds. The van der Waals surface area contributed by atoms with Gasteiger partial charge in [-0.15, -0.1) is 0 Å².